The number of amidine groups is 1. The number of para-hydroxylation sites is 1. The first-order valence-corrected chi connectivity index (χ1v) is 10.6. The molecule has 0 spiro atoms. The van der Waals surface area contributed by atoms with Gasteiger partial charge in [0.15, 0.2) is 5.17 Å². The Bertz CT molecular complexity index is 924. The molecule has 0 radical (unpaired) electrons. The van der Waals surface area contributed by atoms with Gasteiger partial charge < -0.3 is 4.90 Å². The van der Waals surface area contributed by atoms with Gasteiger partial charge in [-0.3, -0.25) is 14.7 Å². The summed E-state index contributed by atoms with van der Waals surface area (Å²) in [5.74, 6) is 0.894. The molecule has 0 N–H and O–H groups in total. The molecule has 4 nitrogen and oxygen atoms in total. The second-order valence-electron chi connectivity index (χ2n) is 6.53. The quantitative estimate of drug-likeness (QED) is 0.713. The first kappa shape index (κ1) is 18.2. The zero-order valence-corrected chi connectivity index (χ0v) is 17.0. The van der Waals surface area contributed by atoms with E-state index >= 15 is 0 Å². The van der Waals surface area contributed by atoms with Crippen LogP contribution in [0.3, 0.4) is 0 Å². The third kappa shape index (κ3) is 3.64. The molecule has 2 aliphatic rings. The average Bonchev–Trinajstić information content (AvgIpc) is 2.91. The summed E-state index contributed by atoms with van der Waals surface area (Å²) in [6.45, 7) is 1.31. The molecular formula is C21H21N3OS2. The summed E-state index contributed by atoms with van der Waals surface area (Å²) in [6.07, 6.45) is 0. The van der Waals surface area contributed by atoms with Gasteiger partial charge in [0.25, 0.3) is 5.91 Å². The van der Waals surface area contributed by atoms with E-state index in [1.807, 2.05) is 30.3 Å². The number of fused-ring (bicyclic) bond motifs is 1. The van der Waals surface area contributed by atoms with Gasteiger partial charge in [-0.15, -0.1) is 11.8 Å². The van der Waals surface area contributed by atoms with E-state index < -0.39 is 0 Å². The van der Waals surface area contributed by atoms with Crippen LogP contribution in [0.25, 0.3) is 0 Å². The van der Waals surface area contributed by atoms with Crippen molar-refractivity contribution in [3.63, 3.8) is 0 Å². The third-order valence-corrected chi connectivity index (χ3v) is 7.07. The Morgan fingerprint density at radius 3 is 2.59 bits per heavy atom. The van der Waals surface area contributed by atoms with Gasteiger partial charge in [-0.1, -0.05) is 42.5 Å². The maximum absolute atomic E-state index is 13.2. The van der Waals surface area contributed by atoms with Crippen molar-refractivity contribution in [2.75, 3.05) is 31.3 Å². The third-order valence-electron chi connectivity index (χ3n) is 4.67. The van der Waals surface area contributed by atoms with Crippen LogP contribution in [0, 0.1) is 0 Å². The SMILES string of the molecule is CN=C1S/C(=C2\CSc3ccccc3N(C)C2)C(=O)N1Cc1ccccc1. The Morgan fingerprint density at radius 1 is 1.07 bits per heavy atom. The van der Waals surface area contributed by atoms with Crippen molar-refractivity contribution in [1.82, 2.24) is 4.90 Å². The lowest BCUT2D eigenvalue weighted by molar-refractivity contribution is -0.122. The van der Waals surface area contributed by atoms with E-state index in [4.69, 9.17) is 0 Å². The molecule has 2 heterocycles. The lowest BCUT2D eigenvalue weighted by atomic mass is 10.2. The van der Waals surface area contributed by atoms with E-state index in [0.717, 1.165) is 27.9 Å². The standard InChI is InChI=1S/C21H21N3OS2/c1-22-21-24(12-15-8-4-3-5-9-15)20(25)19(27-21)16-13-23(2)17-10-6-7-11-18(17)26-14-16/h3-11H,12-14H2,1-2H3/b19-16-,22-21?. The molecular weight excluding hydrogens is 374 g/mol. The van der Waals surface area contributed by atoms with Crippen molar-refractivity contribution >= 4 is 40.3 Å². The molecule has 4 rings (SSSR count). The van der Waals surface area contributed by atoms with Crippen LogP contribution < -0.4 is 4.90 Å². The number of likely N-dealkylation sites (N-methyl/N-ethyl adjacent to an activating group) is 1. The number of nitrogens with zero attached hydrogens (tertiary/aromatic N) is 3. The van der Waals surface area contributed by atoms with Crippen LogP contribution in [-0.2, 0) is 11.3 Å². The minimum atomic E-state index is 0.0689. The zero-order valence-electron chi connectivity index (χ0n) is 15.4. The highest BCUT2D eigenvalue weighted by molar-refractivity contribution is 8.18. The van der Waals surface area contributed by atoms with Gasteiger partial charge in [-0.2, -0.15) is 0 Å². The fourth-order valence-electron chi connectivity index (χ4n) is 3.31. The molecule has 6 heteroatoms. The number of carbonyl (C=O) groups excluding carboxylic acids is 1. The van der Waals surface area contributed by atoms with E-state index in [0.29, 0.717) is 6.54 Å². The van der Waals surface area contributed by atoms with Gasteiger partial charge in [0.2, 0.25) is 0 Å². The van der Waals surface area contributed by atoms with Crippen LogP contribution in [0.5, 0.6) is 0 Å². The largest absolute Gasteiger partial charge is 0.370 e. The number of rotatable bonds is 2. The normalized spacial score (nSPS) is 21.6. The maximum Gasteiger partial charge on any atom is 0.267 e. The Hall–Kier alpha value is -2.18. The van der Waals surface area contributed by atoms with E-state index in [-0.39, 0.29) is 5.91 Å². The topological polar surface area (TPSA) is 35.9 Å². The van der Waals surface area contributed by atoms with Crippen LogP contribution in [-0.4, -0.2) is 42.4 Å². The van der Waals surface area contributed by atoms with Crippen molar-refractivity contribution < 1.29 is 4.79 Å². The molecule has 2 aromatic carbocycles. The molecule has 1 amide bonds. The smallest absolute Gasteiger partial charge is 0.267 e. The molecule has 0 bridgehead atoms. The molecule has 2 aliphatic heterocycles. The van der Waals surface area contributed by atoms with E-state index in [2.05, 4.69) is 41.2 Å². The number of thioether (sulfide) groups is 2. The van der Waals surface area contributed by atoms with Crippen LogP contribution in [0.1, 0.15) is 5.56 Å². The average molecular weight is 396 g/mol. The molecule has 1 saturated heterocycles. The van der Waals surface area contributed by atoms with Crippen LogP contribution in [0.4, 0.5) is 5.69 Å². The first-order chi connectivity index (χ1) is 13.2. The molecule has 0 aromatic heterocycles. The van der Waals surface area contributed by atoms with Gasteiger partial charge >= 0.3 is 0 Å². The van der Waals surface area contributed by atoms with E-state index in [1.165, 1.54) is 27.9 Å². The lowest BCUT2D eigenvalue weighted by Gasteiger charge is -2.19. The van der Waals surface area contributed by atoms with Crippen LogP contribution in [0.2, 0.25) is 0 Å². The van der Waals surface area contributed by atoms with Crippen molar-refractivity contribution in [2.24, 2.45) is 4.99 Å². The fourth-order valence-corrected chi connectivity index (χ4v) is 5.52. The monoisotopic (exact) mass is 395 g/mol. The minimum Gasteiger partial charge on any atom is -0.370 e. The van der Waals surface area contributed by atoms with Gasteiger partial charge in [0.05, 0.1) is 17.1 Å². The molecule has 0 atom stereocenters. The fraction of sp³-hybridized carbons (Fsp3) is 0.238. The molecule has 0 aliphatic carbocycles. The molecule has 0 saturated carbocycles. The zero-order chi connectivity index (χ0) is 18.8. The molecule has 27 heavy (non-hydrogen) atoms. The van der Waals surface area contributed by atoms with Gasteiger partial charge in [-0.05, 0) is 35.0 Å². The highest BCUT2D eigenvalue weighted by atomic mass is 32.2. The predicted octanol–water partition coefficient (Wildman–Crippen LogP) is 4.24. The van der Waals surface area contributed by atoms with Gasteiger partial charge in [-0.25, -0.2) is 0 Å². The lowest BCUT2D eigenvalue weighted by Crippen LogP contribution is -2.29. The highest BCUT2D eigenvalue weighted by Crippen LogP contribution is 2.40. The Kier molecular flexibility index (Phi) is 5.27. The highest BCUT2D eigenvalue weighted by Gasteiger charge is 2.35. The molecule has 138 valence electrons. The van der Waals surface area contributed by atoms with Crippen LogP contribution >= 0.6 is 23.5 Å². The second-order valence-corrected chi connectivity index (χ2v) is 8.52. The number of aliphatic imine (C=N–C) groups is 1. The summed E-state index contributed by atoms with van der Waals surface area (Å²) in [5.41, 5.74) is 3.50. The Morgan fingerprint density at radius 2 is 1.81 bits per heavy atom. The van der Waals surface area contributed by atoms with E-state index in [9.17, 15) is 4.79 Å². The van der Waals surface area contributed by atoms with Crippen molar-refractivity contribution in [1.29, 1.82) is 0 Å². The summed E-state index contributed by atoms with van der Waals surface area (Å²) in [4.78, 5) is 23.7. The maximum atomic E-state index is 13.2. The van der Waals surface area contributed by atoms with Crippen LogP contribution in [0.15, 0.2) is 75.0 Å². The van der Waals surface area contributed by atoms with Crippen molar-refractivity contribution in [2.45, 2.75) is 11.4 Å². The number of hydrogen-bond donors (Lipinski definition) is 0. The Balaban J connectivity index is 1.63. The first-order valence-electron chi connectivity index (χ1n) is 8.83. The summed E-state index contributed by atoms with van der Waals surface area (Å²) in [7, 11) is 3.84. The predicted molar refractivity (Wildman–Crippen MR) is 115 cm³/mol. The summed E-state index contributed by atoms with van der Waals surface area (Å²) in [5, 5.41) is 0.778. The van der Waals surface area contributed by atoms with Gasteiger partial charge in [0, 0.05) is 31.3 Å². The summed E-state index contributed by atoms with van der Waals surface area (Å²) >= 11 is 3.31. The minimum absolute atomic E-state index is 0.0689. The molecule has 2 aromatic rings. The summed E-state index contributed by atoms with van der Waals surface area (Å²) in [6, 6.07) is 18.5. The Labute approximate surface area is 168 Å². The number of anilines is 1. The number of carbonyl (C=O) groups is 1. The van der Waals surface area contributed by atoms with Gasteiger partial charge in [0.1, 0.15) is 0 Å². The van der Waals surface area contributed by atoms with E-state index in [1.54, 1.807) is 23.7 Å². The molecule has 0 unspecified atom stereocenters. The molecule has 1 fully saturated rings. The summed E-state index contributed by atoms with van der Waals surface area (Å²) < 4.78 is 0. The number of hydrogen-bond acceptors (Lipinski definition) is 5. The second kappa shape index (κ2) is 7.82. The van der Waals surface area contributed by atoms with Crippen molar-refractivity contribution in [3.05, 3.63) is 70.6 Å². The number of amides is 1. The van der Waals surface area contributed by atoms with Crippen molar-refractivity contribution in [3.8, 4) is 0 Å². The number of benzene rings is 2.